The first-order valence-electron chi connectivity index (χ1n) is 13.4. The van der Waals surface area contributed by atoms with Crippen LogP contribution < -0.4 is 15.0 Å². The van der Waals surface area contributed by atoms with E-state index < -0.39 is 15.3 Å². The molecule has 2 heterocycles. The maximum absolute atomic E-state index is 12.5. The van der Waals surface area contributed by atoms with Gasteiger partial charge >= 0.3 is 0 Å². The van der Waals surface area contributed by atoms with Crippen LogP contribution in [0.4, 0.5) is 11.6 Å². The van der Waals surface area contributed by atoms with Crippen molar-refractivity contribution in [3.8, 4) is 17.0 Å². The van der Waals surface area contributed by atoms with Crippen LogP contribution in [-0.4, -0.2) is 80.5 Å². The second-order valence-corrected chi connectivity index (χ2v) is 13.2. The number of ether oxygens (including phenoxy) is 2. The Bertz CT molecular complexity index is 1150. The normalized spacial score (nSPS) is 26.5. The summed E-state index contributed by atoms with van der Waals surface area (Å²) in [4.78, 5) is 11.7. The van der Waals surface area contributed by atoms with Gasteiger partial charge in [-0.15, -0.1) is 0 Å². The molecule has 2 aromatic rings. The molecule has 0 unspecified atom stereocenters. The van der Waals surface area contributed by atoms with E-state index in [0.717, 1.165) is 61.9 Å². The van der Waals surface area contributed by atoms with Crippen molar-refractivity contribution in [2.24, 2.45) is 5.92 Å². The summed E-state index contributed by atoms with van der Waals surface area (Å²) in [5.74, 6) is 1.84. The largest absolute Gasteiger partial charge is 0.474 e. The summed E-state index contributed by atoms with van der Waals surface area (Å²) in [5, 5.41) is 3.10. The van der Waals surface area contributed by atoms with E-state index in [1.54, 1.807) is 14.1 Å². The number of morpholine rings is 1. The van der Waals surface area contributed by atoms with Crippen molar-refractivity contribution in [2.45, 2.75) is 62.8 Å². The van der Waals surface area contributed by atoms with Gasteiger partial charge in [0.05, 0.1) is 24.0 Å². The molecule has 1 N–H and O–H groups in total. The van der Waals surface area contributed by atoms with Gasteiger partial charge in [-0.2, -0.15) is 4.98 Å². The number of hydrogen-bond donors (Lipinski definition) is 1. The molecule has 37 heavy (non-hydrogen) atoms. The second-order valence-electron chi connectivity index (χ2n) is 10.8. The van der Waals surface area contributed by atoms with Crippen LogP contribution in [0.3, 0.4) is 0 Å². The Morgan fingerprint density at radius 3 is 2.38 bits per heavy atom. The molecule has 202 valence electrons. The molecule has 1 aromatic heterocycles. The van der Waals surface area contributed by atoms with Crippen molar-refractivity contribution in [3.05, 3.63) is 30.5 Å². The molecule has 9 nitrogen and oxygen atoms in total. The number of nitrogens with one attached hydrogen (secondary N) is 1. The van der Waals surface area contributed by atoms with Crippen molar-refractivity contribution in [1.29, 1.82) is 0 Å². The van der Waals surface area contributed by atoms with E-state index in [2.05, 4.69) is 46.4 Å². The van der Waals surface area contributed by atoms with E-state index in [-0.39, 0.29) is 6.10 Å². The maximum Gasteiger partial charge on any atom is 0.226 e. The number of hydrogen-bond acceptors (Lipinski definition) is 8. The molecule has 2 aliphatic carbocycles. The number of aromatic nitrogens is 2. The van der Waals surface area contributed by atoms with Crippen LogP contribution in [0.5, 0.6) is 5.88 Å². The molecule has 0 bridgehead atoms. The summed E-state index contributed by atoms with van der Waals surface area (Å²) in [7, 11) is -0.121. The van der Waals surface area contributed by atoms with Crippen LogP contribution in [0.1, 0.15) is 45.4 Å². The quantitative estimate of drug-likeness (QED) is 0.552. The Hall–Kier alpha value is -2.43. The van der Waals surface area contributed by atoms with E-state index in [1.165, 1.54) is 17.1 Å². The molecule has 3 fully saturated rings. The minimum Gasteiger partial charge on any atom is -0.474 e. The molecule has 2 saturated carbocycles. The van der Waals surface area contributed by atoms with Gasteiger partial charge in [0, 0.05) is 58.0 Å². The highest BCUT2D eigenvalue weighted by atomic mass is 32.2. The van der Waals surface area contributed by atoms with Gasteiger partial charge in [-0.1, -0.05) is 19.1 Å². The van der Waals surface area contributed by atoms with Gasteiger partial charge in [0.15, 0.2) is 0 Å². The van der Waals surface area contributed by atoms with Crippen LogP contribution in [0.25, 0.3) is 11.1 Å². The van der Waals surface area contributed by atoms with Crippen LogP contribution in [0, 0.1) is 5.92 Å². The lowest BCUT2D eigenvalue weighted by Gasteiger charge is -2.36. The van der Waals surface area contributed by atoms with Crippen molar-refractivity contribution in [1.82, 2.24) is 14.3 Å². The molecule has 0 atom stereocenters. The van der Waals surface area contributed by atoms with E-state index in [4.69, 9.17) is 14.5 Å². The van der Waals surface area contributed by atoms with Gasteiger partial charge in [-0.3, -0.25) is 0 Å². The van der Waals surface area contributed by atoms with E-state index >= 15 is 0 Å². The average Bonchev–Trinajstić information content (AvgIpc) is 2.88. The van der Waals surface area contributed by atoms with Crippen LogP contribution in [-0.2, 0) is 14.8 Å². The molecule has 1 aliphatic heterocycles. The zero-order valence-electron chi connectivity index (χ0n) is 22.1. The maximum atomic E-state index is 12.5. The lowest BCUT2D eigenvalue weighted by molar-refractivity contribution is 0.116. The number of rotatable bonds is 8. The highest BCUT2D eigenvalue weighted by molar-refractivity contribution is 7.89. The van der Waals surface area contributed by atoms with Gasteiger partial charge < -0.3 is 19.7 Å². The van der Waals surface area contributed by atoms with Crippen molar-refractivity contribution >= 4 is 21.7 Å². The van der Waals surface area contributed by atoms with Crippen LogP contribution >= 0.6 is 0 Å². The smallest absolute Gasteiger partial charge is 0.226 e. The van der Waals surface area contributed by atoms with Gasteiger partial charge in [0.2, 0.25) is 21.9 Å². The van der Waals surface area contributed by atoms with Gasteiger partial charge in [-0.05, 0) is 49.3 Å². The minimum absolute atomic E-state index is 0.190. The first-order valence-corrected chi connectivity index (χ1v) is 14.9. The van der Waals surface area contributed by atoms with E-state index in [9.17, 15) is 8.42 Å². The zero-order chi connectivity index (χ0) is 26.0. The van der Waals surface area contributed by atoms with Gasteiger partial charge in [-0.25, -0.2) is 17.7 Å². The first kappa shape index (κ1) is 26.2. The highest BCUT2D eigenvalue weighted by Gasteiger charge is 2.41. The molecule has 0 radical (unpaired) electrons. The number of sulfonamides is 1. The molecule has 3 aliphatic rings. The third-order valence-corrected chi connectivity index (χ3v) is 10.2. The first-order chi connectivity index (χ1) is 17.8. The fraction of sp³-hybridized carbons (Fsp3) is 0.630. The second kappa shape index (κ2) is 11.1. The summed E-state index contributed by atoms with van der Waals surface area (Å²) in [6, 6.07) is 8.74. The molecule has 0 amide bonds. The van der Waals surface area contributed by atoms with E-state index in [0.29, 0.717) is 30.7 Å². The van der Waals surface area contributed by atoms with Crippen molar-refractivity contribution in [2.75, 3.05) is 50.6 Å². The summed E-state index contributed by atoms with van der Waals surface area (Å²) >= 11 is 0. The Kier molecular flexibility index (Phi) is 7.88. The molecule has 1 saturated heterocycles. The Labute approximate surface area is 220 Å². The number of anilines is 2. The zero-order valence-corrected chi connectivity index (χ0v) is 22.9. The van der Waals surface area contributed by atoms with Gasteiger partial charge in [0.1, 0.15) is 6.10 Å². The highest BCUT2D eigenvalue weighted by Crippen LogP contribution is 2.36. The fourth-order valence-corrected chi connectivity index (χ4v) is 6.81. The third kappa shape index (κ3) is 6.02. The predicted molar refractivity (Wildman–Crippen MR) is 146 cm³/mol. The molecular weight excluding hydrogens is 490 g/mol. The predicted octanol–water partition coefficient (Wildman–Crippen LogP) is 3.77. The molecule has 0 spiro atoms. The van der Waals surface area contributed by atoms with Crippen molar-refractivity contribution in [3.63, 3.8) is 0 Å². The molecule has 1 aromatic carbocycles. The molecule has 5 rings (SSSR count). The van der Waals surface area contributed by atoms with Gasteiger partial charge in [0.25, 0.3) is 0 Å². The SMILES string of the molecule is CN(C)S(=O)(=O)C1CC(Oc2nc(N[C@H]3CC[C@@H](C)CC3)ncc2-c2ccc(N3CCOCC3)cc2)C1. The number of benzene rings is 1. The average molecular weight is 530 g/mol. The molecular formula is C27H39N5O4S. The number of nitrogens with zero attached hydrogens (tertiary/aromatic N) is 4. The molecule has 10 heteroatoms. The summed E-state index contributed by atoms with van der Waals surface area (Å²) in [6.45, 7) is 5.56. The lowest BCUT2D eigenvalue weighted by Crippen LogP contribution is -2.47. The summed E-state index contributed by atoms with van der Waals surface area (Å²) in [5.41, 5.74) is 2.95. The summed E-state index contributed by atoms with van der Waals surface area (Å²) in [6.07, 6.45) is 7.19. The van der Waals surface area contributed by atoms with Crippen molar-refractivity contribution < 1.29 is 17.9 Å². The lowest BCUT2D eigenvalue weighted by atomic mass is 9.87. The Morgan fingerprint density at radius 2 is 1.73 bits per heavy atom. The Balaban J connectivity index is 1.35. The fourth-order valence-electron chi connectivity index (χ4n) is 5.30. The third-order valence-electron chi connectivity index (χ3n) is 7.92. The van der Waals surface area contributed by atoms with Crippen LogP contribution in [0.2, 0.25) is 0 Å². The topological polar surface area (TPSA) is 96.9 Å². The minimum atomic E-state index is -3.28. The monoisotopic (exact) mass is 529 g/mol. The summed E-state index contributed by atoms with van der Waals surface area (Å²) < 4.78 is 38.1. The Morgan fingerprint density at radius 1 is 1.05 bits per heavy atom. The van der Waals surface area contributed by atoms with Crippen LogP contribution in [0.15, 0.2) is 30.5 Å². The standard InChI is InChI=1S/C27H39N5O4S/c1-19-4-8-21(9-5-19)29-27-28-18-25(20-6-10-22(11-7-20)32-12-14-35-15-13-32)26(30-27)36-23-16-24(17-23)37(33,34)31(2)3/h6-7,10-11,18-19,21,23-24H,4-5,8-9,12-17H2,1-3H3,(H,28,29,30)/t19-,21+,23?,24?. The van der Waals surface area contributed by atoms with E-state index in [1.807, 2.05) is 6.20 Å².